The molecule has 8 rings (SSSR count). The average Bonchev–Trinajstić information content (AvgIpc) is 1.77. The Bertz CT molecular complexity index is 2260. The molecule has 0 aromatic heterocycles. The summed E-state index contributed by atoms with van der Waals surface area (Å²) in [4.78, 5) is 0. The van der Waals surface area contributed by atoms with Crippen LogP contribution in [0.25, 0.3) is 0 Å². The van der Waals surface area contributed by atoms with Gasteiger partial charge in [0.2, 0.25) is 0 Å². The molecule has 8 aliphatic rings. The predicted molar refractivity (Wildman–Crippen MR) is 677 cm³/mol. The van der Waals surface area contributed by atoms with Crippen molar-refractivity contribution in [3.8, 4) is 0 Å². The van der Waals surface area contributed by atoms with Crippen LogP contribution in [0.3, 0.4) is 0 Å². The predicted octanol–water partition coefficient (Wildman–Crippen LogP) is 50.2. The molecule has 6 unspecified atom stereocenters. The van der Waals surface area contributed by atoms with Gasteiger partial charge in [0, 0.05) is 0 Å². The molecular weight excluding hydrogens is 1730 g/mol. The molecular formula is C143H304O. The maximum atomic E-state index is 8.72. The molecule has 0 aromatic rings. The fraction of sp³-hybridized carbons (Fsp3) is 1.00. The summed E-state index contributed by atoms with van der Waals surface area (Å²) in [6, 6.07) is 0. The van der Waals surface area contributed by atoms with Crippen LogP contribution in [0.4, 0.5) is 0 Å². The van der Waals surface area contributed by atoms with Crippen LogP contribution in [0.2, 0.25) is 0 Å². The number of hydrogen-bond donors (Lipinski definition) is 1. The van der Waals surface area contributed by atoms with Crippen molar-refractivity contribution in [2.75, 3.05) is 0 Å². The molecule has 8 saturated carbocycles. The van der Waals surface area contributed by atoms with Crippen LogP contribution >= 0.6 is 0 Å². The first-order chi connectivity index (χ1) is 65.6. The molecule has 0 heterocycles. The third-order valence-electron chi connectivity index (χ3n) is 38.5. The molecule has 0 bridgehead atoms. The summed E-state index contributed by atoms with van der Waals surface area (Å²) in [6.07, 6.45) is 40.7. The SMILES string of the molecule is CC(C)C(C)C.CC(C)C(C)C.CC(C)C(C)C.CC(C)C(C)C(C)C.CC(C)C(C)C(C)C.CC(C)C1CCCC1.CC(C)C1CCCC1C.CC(C)C1CCCC1C(C)C.CC(C)CC(C)C.CC(C)C[C@H](C)O.CC(C)[C@@H](C)C(C)(C)C.CC(C)[C@@H]1CCC[C@@H]1C.CC(C)[C@@H]1CCC[C@H]1C(C)C.CC(C)[C@H](C)C(C)(C)C.CC(C)[C@H]1CCC[C@@H]1C.CC(C)[C@H]1CCC[C@H]1C(C)C.CCC1CCCC1C(C)C. The lowest BCUT2D eigenvalue weighted by atomic mass is 9.76. The topological polar surface area (TPSA) is 20.2 Å². The van der Waals surface area contributed by atoms with E-state index in [0.717, 1.165) is 267 Å². The van der Waals surface area contributed by atoms with Gasteiger partial charge in [-0.2, -0.15) is 0 Å². The van der Waals surface area contributed by atoms with E-state index in [-0.39, 0.29) is 6.10 Å². The highest BCUT2D eigenvalue weighted by atomic mass is 16.3. The monoisotopic (exact) mass is 2040 g/mol. The van der Waals surface area contributed by atoms with Crippen molar-refractivity contribution in [1.82, 2.24) is 0 Å². The summed E-state index contributed by atoms with van der Waals surface area (Å²) in [5.74, 6) is 41.3. The van der Waals surface area contributed by atoms with E-state index in [1.165, 1.54) is 173 Å². The van der Waals surface area contributed by atoms with Crippen LogP contribution in [0, 0.1) is 277 Å². The molecule has 1 nitrogen and oxygen atoms in total. The van der Waals surface area contributed by atoms with E-state index < -0.39 is 0 Å². The number of rotatable bonds is 25. The summed E-state index contributed by atoms with van der Waals surface area (Å²) in [5.41, 5.74) is 0.961. The minimum Gasteiger partial charge on any atom is -0.393 e. The Morgan fingerprint density at radius 1 is 0.188 bits per heavy atom. The zero-order valence-corrected chi connectivity index (χ0v) is 115. The van der Waals surface area contributed by atoms with Gasteiger partial charge in [0.15, 0.2) is 0 Å². The second kappa shape index (κ2) is 91.0. The van der Waals surface area contributed by atoms with Crippen LogP contribution < -0.4 is 0 Å². The van der Waals surface area contributed by atoms with E-state index in [0.29, 0.717) is 16.7 Å². The molecule has 0 amide bonds. The molecule has 0 aliphatic heterocycles. The Morgan fingerprint density at radius 2 is 0.361 bits per heavy atom. The first-order valence-electron chi connectivity index (χ1n) is 65.3. The van der Waals surface area contributed by atoms with Gasteiger partial charge in [0.05, 0.1) is 6.10 Å². The molecule has 0 spiro atoms. The van der Waals surface area contributed by atoms with E-state index in [2.05, 4.69) is 457 Å². The van der Waals surface area contributed by atoms with Gasteiger partial charge < -0.3 is 5.11 Å². The third kappa shape index (κ3) is 88.1. The lowest BCUT2D eigenvalue weighted by Gasteiger charge is -2.30. The molecule has 1 heteroatoms. The first-order valence-corrected chi connectivity index (χ1v) is 65.3. The quantitative estimate of drug-likeness (QED) is 0.0966. The Kier molecular flexibility index (Phi) is 102. The van der Waals surface area contributed by atoms with Gasteiger partial charge in [-0.25, -0.2) is 0 Å². The summed E-state index contributed by atoms with van der Waals surface area (Å²) in [5, 5.41) is 8.72. The summed E-state index contributed by atoms with van der Waals surface area (Å²) < 4.78 is 0. The van der Waals surface area contributed by atoms with Gasteiger partial charge in [0.25, 0.3) is 0 Å². The van der Waals surface area contributed by atoms with Crippen molar-refractivity contribution in [3.05, 3.63) is 0 Å². The van der Waals surface area contributed by atoms with E-state index in [9.17, 15) is 0 Å². The van der Waals surface area contributed by atoms with E-state index in [1.54, 1.807) is 0 Å². The molecule has 144 heavy (non-hydrogen) atoms. The minimum atomic E-state index is -0.125. The minimum absolute atomic E-state index is 0.125. The van der Waals surface area contributed by atoms with Crippen LogP contribution in [0.5, 0.6) is 0 Å². The number of hydrogen-bond acceptors (Lipinski definition) is 1. The molecule has 8 fully saturated rings. The van der Waals surface area contributed by atoms with Crippen molar-refractivity contribution >= 4 is 0 Å². The van der Waals surface area contributed by atoms with Gasteiger partial charge in [-0.1, -0.05) is 560 Å². The zero-order chi connectivity index (χ0) is 115. The fourth-order valence-electron chi connectivity index (χ4n) is 23.8. The maximum Gasteiger partial charge on any atom is 0.0514 e. The van der Waals surface area contributed by atoms with Gasteiger partial charge in [-0.15, -0.1) is 0 Å². The van der Waals surface area contributed by atoms with Crippen LogP contribution in [-0.4, -0.2) is 11.2 Å². The Labute approximate surface area is 925 Å². The van der Waals surface area contributed by atoms with E-state index in [4.69, 9.17) is 5.11 Å². The normalized spacial score (nSPS) is 23.8. The highest BCUT2D eigenvalue weighted by Gasteiger charge is 2.36. The standard InChI is InChI=1S/3C11H22.C10H20.3C9H18.2C9H20.C8H16.2C8H18.C7H16.C6H14O.3C6H14/c3*1-8(2)10-6-5-7-11(10)9(3)4;1-4-9-6-5-7-10(9)8(2)3;3*1-7(2)9-6-4-5-8(9)3;2*1-7(2)8(3)9(4,5)6;1-7(2)8-5-3-4-6-8;2*1-6(2)8(5)7(3)4;1-6(2)5-7(3)4;1-5(2)4-6(3)7;3*1-5(2)6(3)4/h3*8-11H,5-7H2,1-4H3;8-10H,4-7H2,1-3H3;3*7-9H,4-6H2,1-3H3;2*7-8H,1-6H3;7-8H,3-6H2,1-2H3;2*6-8H,1-5H3;6-7H,5H2,1-4H3;5-7H,4H2,1-3H3;3*5-6H,1-4H3/t10-,11+;10-,11-;;;8-,9+;8-,9-;;2*8-;;;;;6-;;;/m.0..00.10....0.../s1. The van der Waals surface area contributed by atoms with Crippen molar-refractivity contribution in [3.63, 3.8) is 0 Å². The Hall–Kier alpha value is -0.0400. The van der Waals surface area contributed by atoms with Gasteiger partial charge >= 0.3 is 0 Å². The van der Waals surface area contributed by atoms with Gasteiger partial charge in [-0.05, 0) is 361 Å². The van der Waals surface area contributed by atoms with Crippen LogP contribution in [0.15, 0.2) is 0 Å². The maximum absolute atomic E-state index is 8.72. The number of aliphatic hydroxyl groups is 1. The molecule has 1 N–H and O–H groups in total. The van der Waals surface area contributed by atoms with Crippen molar-refractivity contribution in [2.45, 2.75) is 650 Å². The first kappa shape index (κ1) is 162. The average molecular weight is 2040 g/mol. The fourth-order valence-corrected chi connectivity index (χ4v) is 23.8. The summed E-state index contributed by atoms with van der Waals surface area (Å²) in [6.45, 7) is 154. The van der Waals surface area contributed by atoms with Crippen molar-refractivity contribution in [2.24, 2.45) is 277 Å². The third-order valence-corrected chi connectivity index (χ3v) is 38.5. The molecule has 0 radical (unpaired) electrons. The molecule has 0 aromatic carbocycles. The lowest BCUT2D eigenvalue weighted by Crippen LogP contribution is -2.21. The van der Waals surface area contributed by atoms with Crippen LogP contribution in [-0.2, 0) is 0 Å². The second-order valence-corrected chi connectivity index (χ2v) is 61.4. The molecule has 8 aliphatic carbocycles. The van der Waals surface area contributed by atoms with Crippen LogP contribution in [0.1, 0.15) is 644 Å². The molecule has 0 saturated heterocycles. The van der Waals surface area contributed by atoms with Gasteiger partial charge in [-0.3, -0.25) is 0 Å². The highest BCUT2D eigenvalue weighted by molar-refractivity contribution is 4.86. The Balaban J connectivity index is -0.000000193. The molecule has 882 valence electrons. The number of aliphatic hydroxyl groups excluding tert-OH is 1. The van der Waals surface area contributed by atoms with E-state index in [1.807, 2.05) is 6.92 Å². The lowest BCUT2D eigenvalue weighted by molar-refractivity contribution is 0.168. The molecule has 17 atom stereocenters. The second-order valence-electron chi connectivity index (χ2n) is 61.4. The van der Waals surface area contributed by atoms with Gasteiger partial charge in [0.1, 0.15) is 0 Å². The van der Waals surface area contributed by atoms with E-state index >= 15 is 0 Å². The largest absolute Gasteiger partial charge is 0.393 e. The summed E-state index contributed by atoms with van der Waals surface area (Å²) in [7, 11) is 0. The smallest absolute Gasteiger partial charge is 0.0514 e. The Morgan fingerprint density at radius 3 is 0.438 bits per heavy atom. The van der Waals surface area contributed by atoms with Crippen molar-refractivity contribution < 1.29 is 5.11 Å². The van der Waals surface area contributed by atoms with Crippen molar-refractivity contribution in [1.29, 1.82) is 0 Å². The zero-order valence-electron chi connectivity index (χ0n) is 115. The highest BCUT2D eigenvalue weighted by Crippen LogP contribution is 2.46. The summed E-state index contributed by atoms with van der Waals surface area (Å²) >= 11 is 0.